The molecule has 168 valence electrons. The normalized spacial score (nSPS) is 13.1. The van der Waals surface area contributed by atoms with Crippen molar-refractivity contribution in [2.45, 2.75) is 25.6 Å². The zero-order valence-electron chi connectivity index (χ0n) is 17.0. The number of aromatic nitrogens is 4. The van der Waals surface area contributed by atoms with Crippen molar-refractivity contribution in [2.75, 3.05) is 32.6 Å². The third kappa shape index (κ3) is 5.34. The van der Waals surface area contributed by atoms with Crippen molar-refractivity contribution in [3.63, 3.8) is 0 Å². The second kappa shape index (κ2) is 9.23. The van der Waals surface area contributed by atoms with Crippen LogP contribution in [0.15, 0.2) is 24.5 Å². The molecule has 0 saturated heterocycles. The quantitative estimate of drug-likeness (QED) is 0.307. The van der Waals surface area contributed by atoms with Gasteiger partial charge in [0.05, 0.1) is 12.2 Å². The Bertz CT molecular complexity index is 1060. The van der Waals surface area contributed by atoms with E-state index in [-0.39, 0.29) is 27.9 Å². The molecule has 1 aromatic carbocycles. The van der Waals surface area contributed by atoms with Crippen LogP contribution in [0.3, 0.4) is 0 Å². The van der Waals surface area contributed by atoms with Gasteiger partial charge in [-0.2, -0.15) is 32.8 Å². The van der Waals surface area contributed by atoms with Gasteiger partial charge in [0.1, 0.15) is 34.9 Å². The molecule has 0 aliphatic heterocycles. The molecule has 12 heteroatoms. The van der Waals surface area contributed by atoms with E-state index in [2.05, 4.69) is 20.4 Å². The smallest absolute Gasteiger partial charge is 0.408 e. The molecule has 0 unspecified atom stereocenters. The van der Waals surface area contributed by atoms with Gasteiger partial charge in [0.2, 0.25) is 0 Å². The maximum atomic E-state index is 15.0. The minimum atomic E-state index is -4.55. The van der Waals surface area contributed by atoms with Gasteiger partial charge in [-0.25, -0.2) is 4.39 Å². The van der Waals surface area contributed by atoms with Gasteiger partial charge in [-0.3, -0.25) is 0 Å². The highest BCUT2D eigenvalue weighted by Crippen LogP contribution is 2.38. The molecule has 2 aromatic heterocycles. The van der Waals surface area contributed by atoms with Crippen molar-refractivity contribution < 1.29 is 22.3 Å². The van der Waals surface area contributed by atoms with Crippen molar-refractivity contribution in [1.82, 2.24) is 24.5 Å². The molecule has 1 N–H and O–H groups in total. The SMILES string of the molecule is C[C@@H](Nc1c(-c2ccc(OCCCN(C)C)cc2F)c(Cl)nc2ncnn12)C(F)(F)F. The third-order valence-electron chi connectivity index (χ3n) is 4.46. The van der Waals surface area contributed by atoms with E-state index in [0.29, 0.717) is 12.4 Å². The number of anilines is 1. The van der Waals surface area contributed by atoms with Crippen LogP contribution in [0, 0.1) is 5.82 Å². The summed E-state index contributed by atoms with van der Waals surface area (Å²) in [6.07, 6.45) is -2.69. The van der Waals surface area contributed by atoms with Crippen LogP contribution in [0.25, 0.3) is 16.9 Å². The summed E-state index contributed by atoms with van der Waals surface area (Å²) in [6.45, 7) is 2.13. The molecule has 0 saturated carbocycles. The van der Waals surface area contributed by atoms with Crippen LogP contribution in [-0.2, 0) is 0 Å². The van der Waals surface area contributed by atoms with Crippen LogP contribution in [-0.4, -0.2) is 63.9 Å². The highest BCUT2D eigenvalue weighted by molar-refractivity contribution is 6.33. The lowest BCUT2D eigenvalue weighted by Gasteiger charge is -2.21. The molecule has 31 heavy (non-hydrogen) atoms. The molecule has 0 amide bonds. The predicted molar refractivity (Wildman–Crippen MR) is 109 cm³/mol. The van der Waals surface area contributed by atoms with Gasteiger partial charge >= 0.3 is 6.18 Å². The molecule has 0 aliphatic rings. The number of alkyl halides is 3. The molecular formula is C19H21ClF4N6O. The fraction of sp³-hybridized carbons (Fsp3) is 0.421. The average molecular weight is 461 g/mol. The molecule has 0 radical (unpaired) electrons. The zero-order valence-corrected chi connectivity index (χ0v) is 17.8. The summed E-state index contributed by atoms with van der Waals surface area (Å²) in [5, 5.41) is 6.01. The molecule has 1 atom stereocenters. The Balaban J connectivity index is 1.98. The zero-order chi connectivity index (χ0) is 22.8. The maximum absolute atomic E-state index is 15.0. The summed E-state index contributed by atoms with van der Waals surface area (Å²) in [4.78, 5) is 9.87. The Hall–Kier alpha value is -2.66. The van der Waals surface area contributed by atoms with E-state index < -0.39 is 18.0 Å². The molecule has 3 rings (SSSR count). The topological polar surface area (TPSA) is 67.6 Å². The fourth-order valence-electron chi connectivity index (χ4n) is 2.83. The Labute approximate surface area is 181 Å². The summed E-state index contributed by atoms with van der Waals surface area (Å²) in [6, 6.07) is 2.10. The monoisotopic (exact) mass is 460 g/mol. The fourth-order valence-corrected chi connectivity index (χ4v) is 3.10. The number of benzene rings is 1. The van der Waals surface area contributed by atoms with E-state index in [9.17, 15) is 17.6 Å². The van der Waals surface area contributed by atoms with Crippen molar-refractivity contribution in [3.05, 3.63) is 35.5 Å². The molecule has 0 spiro atoms. The average Bonchev–Trinajstić information content (AvgIpc) is 3.13. The van der Waals surface area contributed by atoms with Crippen LogP contribution in [0.1, 0.15) is 13.3 Å². The Kier molecular flexibility index (Phi) is 6.85. The standard InChI is InChI=1S/C19H21ClF4N6O/c1-11(19(22,23)24)27-17-15(16(20)28-18-25-10-26-30(17)18)13-6-5-12(9-14(13)21)31-8-4-7-29(2)3/h5-6,9-11,27H,4,7-8H2,1-3H3/t11-/m1/s1. The second-order valence-electron chi connectivity index (χ2n) is 7.15. The number of fused-ring (bicyclic) bond motifs is 1. The van der Waals surface area contributed by atoms with Crippen LogP contribution in [0.4, 0.5) is 23.4 Å². The van der Waals surface area contributed by atoms with E-state index >= 15 is 0 Å². The van der Waals surface area contributed by atoms with Crippen molar-refractivity contribution in [2.24, 2.45) is 0 Å². The lowest BCUT2D eigenvalue weighted by Crippen LogP contribution is -2.34. The summed E-state index contributed by atoms with van der Waals surface area (Å²) < 4.78 is 61.1. The minimum Gasteiger partial charge on any atom is -0.493 e. The van der Waals surface area contributed by atoms with Gasteiger partial charge in [-0.15, -0.1) is 0 Å². The largest absolute Gasteiger partial charge is 0.493 e. The van der Waals surface area contributed by atoms with E-state index in [1.807, 2.05) is 19.0 Å². The number of nitrogens with zero attached hydrogens (tertiary/aromatic N) is 5. The summed E-state index contributed by atoms with van der Waals surface area (Å²) in [5.41, 5.74) is -0.111. The lowest BCUT2D eigenvalue weighted by molar-refractivity contribution is -0.138. The molecule has 7 nitrogen and oxygen atoms in total. The Morgan fingerprint density at radius 2 is 2.03 bits per heavy atom. The maximum Gasteiger partial charge on any atom is 0.408 e. The van der Waals surface area contributed by atoms with Crippen LogP contribution in [0.2, 0.25) is 5.15 Å². The molecule has 0 fully saturated rings. The number of hydrogen-bond acceptors (Lipinski definition) is 6. The summed E-state index contributed by atoms with van der Waals surface area (Å²) in [7, 11) is 3.87. The third-order valence-corrected chi connectivity index (χ3v) is 4.73. The lowest BCUT2D eigenvalue weighted by atomic mass is 10.1. The highest BCUT2D eigenvalue weighted by Gasteiger charge is 2.37. The number of rotatable bonds is 8. The van der Waals surface area contributed by atoms with Crippen molar-refractivity contribution >= 4 is 23.2 Å². The first-order valence-corrected chi connectivity index (χ1v) is 9.75. The number of hydrogen-bond donors (Lipinski definition) is 1. The first kappa shape index (κ1) is 23.0. The van der Waals surface area contributed by atoms with Gasteiger partial charge in [0.25, 0.3) is 5.78 Å². The van der Waals surface area contributed by atoms with Gasteiger partial charge in [0.15, 0.2) is 0 Å². The predicted octanol–water partition coefficient (Wildman–Crippen LogP) is 4.28. The summed E-state index contributed by atoms with van der Waals surface area (Å²) in [5.74, 6) is -0.622. The van der Waals surface area contributed by atoms with Gasteiger partial charge in [-0.1, -0.05) is 11.6 Å². The van der Waals surface area contributed by atoms with Gasteiger partial charge in [0, 0.05) is 18.2 Å². The van der Waals surface area contributed by atoms with E-state index in [0.717, 1.165) is 36.8 Å². The summed E-state index contributed by atoms with van der Waals surface area (Å²) >= 11 is 6.23. The first-order chi connectivity index (χ1) is 14.6. The number of halogens is 5. The molecule has 2 heterocycles. The van der Waals surface area contributed by atoms with E-state index in [4.69, 9.17) is 16.3 Å². The van der Waals surface area contributed by atoms with Gasteiger partial charge < -0.3 is 15.0 Å². The minimum absolute atomic E-state index is 0.0214. The highest BCUT2D eigenvalue weighted by atomic mass is 35.5. The number of nitrogens with one attached hydrogen (secondary N) is 1. The molecular weight excluding hydrogens is 440 g/mol. The van der Waals surface area contributed by atoms with Crippen molar-refractivity contribution in [1.29, 1.82) is 0 Å². The van der Waals surface area contributed by atoms with Crippen LogP contribution < -0.4 is 10.1 Å². The molecule has 3 aromatic rings. The van der Waals surface area contributed by atoms with E-state index in [1.165, 1.54) is 12.1 Å². The van der Waals surface area contributed by atoms with Crippen LogP contribution in [0.5, 0.6) is 5.75 Å². The van der Waals surface area contributed by atoms with Crippen molar-refractivity contribution in [3.8, 4) is 16.9 Å². The molecule has 0 aliphatic carbocycles. The molecule has 0 bridgehead atoms. The Morgan fingerprint density at radius 3 is 2.68 bits per heavy atom. The van der Waals surface area contributed by atoms with E-state index in [1.54, 1.807) is 0 Å². The Morgan fingerprint density at radius 1 is 1.29 bits per heavy atom. The van der Waals surface area contributed by atoms with Gasteiger partial charge in [-0.05, 0) is 39.6 Å². The number of ether oxygens (including phenoxy) is 1. The second-order valence-corrected chi connectivity index (χ2v) is 7.51. The van der Waals surface area contributed by atoms with Crippen LogP contribution >= 0.6 is 11.6 Å². The first-order valence-electron chi connectivity index (χ1n) is 9.38.